The number of sulfonamides is 2. The van der Waals surface area contributed by atoms with Crippen molar-refractivity contribution >= 4 is 36.7 Å². The summed E-state index contributed by atoms with van der Waals surface area (Å²) in [6.45, 7) is 4.19. The molecular weight excluding hydrogens is 560 g/mol. The lowest BCUT2D eigenvalue weighted by atomic mass is 10.0. The molecule has 0 radical (unpaired) electrons. The summed E-state index contributed by atoms with van der Waals surface area (Å²) in [6.07, 6.45) is 0. The fourth-order valence-corrected chi connectivity index (χ4v) is 8.25. The third-order valence-corrected chi connectivity index (χ3v) is 10.9. The molecule has 0 saturated heterocycles. The first-order valence-corrected chi connectivity index (χ1v) is 15.6. The summed E-state index contributed by atoms with van der Waals surface area (Å²) in [5.74, 6) is 0. The predicted molar refractivity (Wildman–Crippen MR) is 160 cm³/mol. The van der Waals surface area contributed by atoms with Crippen molar-refractivity contribution in [2.75, 3.05) is 10.8 Å². The van der Waals surface area contributed by atoms with Crippen LogP contribution in [-0.4, -0.2) is 23.9 Å². The molecule has 1 heterocycles. The van der Waals surface area contributed by atoms with Gasteiger partial charge in [-0.1, -0.05) is 54.1 Å². The largest absolute Gasteiger partial charge is 0.422 e. The van der Waals surface area contributed by atoms with Gasteiger partial charge in [-0.2, -0.15) is 3.71 Å². The number of nitrogens with one attached hydrogen (secondary N) is 1. The molecule has 0 unspecified atom stereocenters. The van der Waals surface area contributed by atoms with E-state index in [2.05, 4.69) is 5.32 Å². The average Bonchev–Trinajstić information content (AvgIpc) is 2.94. The summed E-state index contributed by atoms with van der Waals surface area (Å²) < 4.78 is 62.2. The number of aryl methyl sites for hydroxylation is 2. The first-order chi connectivity index (χ1) is 19.5. The van der Waals surface area contributed by atoms with Gasteiger partial charge in [0, 0.05) is 11.9 Å². The molecule has 0 aliphatic carbocycles. The molecule has 8 nitrogen and oxygen atoms in total. The molecule has 210 valence electrons. The van der Waals surface area contributed by atoms with Gasteiger partial charge in [0.25, 0.3) is 20.0 Å². The van der Waals surface area contributed by atoms with Gasteiger partial charge < -0.3 is 9.73 Å². The van der Waals surface area contributed by atoms with Crippen molar-refractivity contribution in [1.29, 1.82) is 0 Å². The van der Waals surface area contributed by atoms with E-state index < -0.39 is 25.7 Å². The Hall–Kier alpha value is -4.25. The number of benzene rings is 4. The fourth-order valence-electron chi connectivity index (χ4n) is 4.58. The molecule has 5 aromatic rings. The molecule has 0 spiro atoms. The first kappa shape index (κ1) is 28.3. The monoisotopic (exact) mass is 588 g/mol. The van der Waals surface area contributed by atoms with Crippen LogP contribution in [0.4, 0.5) is 5.69 Å². The second-order valence-electron chi connectivity index (χ2n) is 9.68. The molecular formula is C31H28N2O6S2. The van der Waals surface area contributed by atoms with Crippen LogP contribution >= 0.6 is 0 Å². The van der Waals surface area contributed by atoms with E-state index in [1.165, 1.54) is 42.5 Å². The summed E-state index contributed by atoms with van der Waals surface area (Å²) in [7, 11) is -7.45. The molecule has 0 atom stereocenters. The highest BCUT2D eigenvalue weighted by Crippen LogP contribution is 2.34. The number of nitrogens with zero attached hydrogens (tertiary/aromatic N) is 1. The van der Waals surface area contributed by atoms with Crippen LogP contribution in [0.15, 0.2) is 116 Å². The molecule has 4 aromatic carbocycles. The maximum atomic E-state index is 14.1. The summed E-state index contributed by atoms with van der Waals surface area (Å²) in [5.41, 5.74) is 2.96. The number of anilines is 1. The van der Waals surface area contributed by atoms with Crippen molar-refractivity contribution in [1.82, 2.24) is 5.32 Å². The Morgan fingerprint density at radius 1 is 0.732 bits per heavy atom. The highest BCUT2D eigenvalue weighted by molar-refractivity contribution is 8.10. The van der Waals surface area contributed by atoms with Crippen molar-refractivity contribution in [3.8, 4) is 11.1 Å². The Morgan fingerprint density at radius 2 is 1.34 bits per heavy atom. The summed E-state index contributed by atoms with van der Waals surface area (Å²) in [6, 6.07) is 25.0. The van der Waals surface area contributed by atoms with Gasteiger partial charge in [-0.05, 0) is 86.1 Å². The first-order valence-electron chi connectivity index (χ1n) is 12.8. The lowest BCUT2D eigenvalue weighted by Crippen LogP contribution is -2.37. The van der Waals surface area contributed by atoms with Crippen LogP contribution in [-0.2, 0) is 26.6 Å². The Morgan fingerprint density at radius 3 is 1.95 bits per heavy atom. The zero-order valence-electron chi connectivity index (χ0n) is 22.7. The van der Waals surface area contributed by atoms with Crippen LogP contribution in [0.5, 0.6) is 0 Å². The van der Waals surface area contributed by atoms with Crippen LogP contribution in [0.2, 0.25) is 0 Å². The predicted octanol–water partition coefficient (Wildman–Crippen LogP) is 5.38. The number of rotatable bonds is 8. The van der Waals surface area contributed by atoms with E-state index in [4.69, 9.17) is 4.42 Å². The minimum Gasteiger partial charge on any atom is -0.422 e. The van der Waals surface area contributed by atoms with E-state index in [9.17, 15) is 21.6 Å². The second-order valence-corrected chi connectivity index (χ2v) is 13.5. The minimum absolute atomic E-state index is 0.123. The standard InChI is InChI=1S/C31H28N2O6S2/c1-21-8-13-26(14-9-21)40(35,36)33(41(37,38)27-15-10-23(11-16-27)20-32-3)25-12-17-30-24(18-25)19-29(31(34)39-30)28-7-5-4-6-22(28)2/h4-19,32H,20H2,1-3H3. The molecule has 1 aromatic heterocycles. The van der Waals surface area contributed by atoms with Crippen LogP contribution in [0.1, 0.15) is 16.7 Å². The third-order valence-electron chi connectivity index (χ3n) is 6.72. The summed E-state index contributed by atoms with van der Waals surface area (Å²) >= 11 is 0. The zero-order chi connectivity index (χ0) is 29.4. The lowest BCUT2D eigenvalue weighted by Gasteiger charge is -2.24. The van der Waals surface area contributed by atoms with E-state index in [-0.39, 0.29) is 26.6 Å². The van der Waals surface area contributed by atoms with E-state index >= 15 is 0 Å². The Labute approximate surface area is 239 Å². The molecule has 0 amide bonds. The highest BCUT2D eigenvalue weighted by Gasteiger charge is 2.37. The van der Waals surface area contributed by atoms with Crippen molar-refractivity contribution < 1.29 is 21.3 Å². The number of hydrogen-bond acceptors (Lipinski definition) is 7. The van der Waals surface area contributed by atoms with Crippen molar-refractivity contribution in [3.05, 3.63) is 124 Å². The highest BCUT2D eigenvalue weighted by atomic mass is 32.3. The van der Waals surface area contributed by atoms with Gasteiger partial charge in [0.15, 0.2) is 0 Å². The molecule has 0 bridgehead atoms. The minimum atomic E-state index is -4.61. The third kappa shape index (κ3) is 5.41. The van der Waals surface area contributed by atoms with Gasteiger partial charge in [-0.3, -0.25) is 0 Å². The summed E-state index contributed by atoms with van der Waals surface area (Å²) in [5, 5.41) is 3.36. The molecule has 41 heavy (non-hydrogen) atoms. The fraction of sp³-hybridized carbons (Fsp3) is 0.129. The molecule has 0 aliphatic heterocycles. The van der Waals surface area contributed by atoms with Gasteiger partial charge in [-0.25, -0.2) is 21.6 Å². The van der Waals surface area contributed by atoms with Gasteiger partial charge in [0.05, 0.1) is 21.0 Å². The van der Waals surface area contributed by atoms with Gasteiger partial charge in [0.1, 0.15) is 5.58 Å². The number of hydrogen-bond donors (Lipinski definition) is 1. The Bertz CT molecular complexity index is 2020. The maximum absolute atomic E-state index is 14.1. The quantitative estimate of drug-likeness (QED) is 0.242. The molecule has 10 heteroatoms. The van der Waals surface area contributed by atoms with Crippen LogP contribution in [0, 0.1) is 13.8 Å². The van der Waals surface area contributed by atoms with Gasteiger partial charge in [-0.15, -0.1) is 0 Å². The van der Waals surface area contributed by atoms with Crippen molar-refractivity contribution in [2.45, 2.75) is 30.2 Å². The lowest BCUT2D eigenvalue weighted by molar-refractivity contribution is 0.563. The van der Waals surface area contributed by atoms with Gasteiger partial charge >= 0.3 is 5.63 Å². The molecule has 0 aliphatic rings. The van der Waals surface area contributed by atoms with Crippen LogP contribution in [0.3, 0.4) is 0 Å². The normalized spacial score (nSPS) is 12.0. The van der Waals surface area contributed by atoms with Crippen molar-refractivity contribution in [3.63, 3.8) is 0 Å². The van der Waals surface area contributed by atoms with E-state index in [0.29, 0.717) is 21.2 Å². The van der Waals surface area contributed by atoms with Crippen molar-refractivity contribution in [2.24, 2.45) is 0 Å². The topological polar surface area (TPSA) is 114 Å². The maximum Gasteiger partial charge on any atom is 0.344 e. The molecule has 5 rings (SSSR count). The Kier molecular flexibility index (Phi) is 7.56. The number of fused-ring (bicyclic) bond motifs is 1. The molecule has 1 N–H and O–H groups in total. The molecule has 0 saturated carbocycles. The second kappa shape index (κ2) is 11.0. The smallest absolute Gasteiger partial charge is 0.344 e. The average molecular weight is 589 g/mol. The summed E-state index contributed by atoms with van der Waals surface area (Å²) in [4.78, 5) is 12.5. The SMILES string of the molecule is CNCc1ccc(S(=O)(=O)N(c2ccc3oc(=O)c(-c4ccccc4C)cc3c2)S(=O)(=O)c2ccc(C)cc2)cc1. The van der Waals surface area contributed by atoms with E-state index in [0.717, 1.165) is 16.7 Å². The Balaban J connectivity index is 1.73. The van der Waals surface area contributed by atoms with Gasteiger partial charge in [0.2, 0.25) is 0 Å². The molecule has 0 fully saturated rings. The zero-order valence-corrected chi connectivity index (χ0v) is 24.3. The van der Waals surface area contributed by atoms with E-state index in [1.54, 1.807) is 56.4 Å². The van der Waals surface area contributed by atoms with Crippen LogP contribution in [0.25, 0.3) is 22.1 Å². The van der Waals surface area contributed by atoms with E-state index in [1.807, 2.05) is 19.1 Å². The van der Waals surface area contributed by atoms with Crippen LogP contribution < -0.4 is 14.7 Å².